The van der Waals surface area contributed by atoms with E-state index in [2.05, 4.69) is 10.2 Å². The molecule has 0 spiro atoms. The number of benzene rings is 2. The first kappa shape index (κ1) is 21.9. The van der Waals surface area contributed by atoms with Gasteiger partial charge in [0.25, 0.3) is 5.91 Å². The largest absolute Gasteiger partial charge is 0.497 e. The summed E-state index contributed by atoms with van der Waals surface area (Å²) in [5.74, 6) is 1.17. The van der Waals surface area contributed by atoms with Gasteiger partial charge in [-0.2, -0.15) is 0 Å². The number of piperazine rings is 1. The molecule has 3 heterocycles. The molecule has 0 aliphatic carbocycles. The summed E-state index contributed by atoms with van der Waals surface area (Å²) in [7, 11) is 1.63. The number of amides is 4. The van der Waals surface area contributed by atoms with Gasteiger partial charge >= 0.3 is 6.03 Å². The van der Waals surface area contributed by atoms with E-state index in [0.29, 0.717) is 43.2 Å². The van der Waals surface area contributed by atoms with Crippen LogP contribution in [0.15, 0.2) is 42.5 Å². The average Bonchev–Trinajstić information content (AvgIpc) is 3.42. The van der Waals surface area contributed by atoms with Crippen LogP contribution in [-0.2, 0) is 15.1 Å². The second kappa shape index (κ2) is 8.44. The van der Waals surface area contributed by atoms with E-state index in [1.807, 2.05) is 24.3 Å². The zero-order chi connectivity index (χ0) is 23.9. The molecule has 10 nitrogen and oxygen atoms in total. The molecule has 2 fully saturated rings. The summed E-state index contributed by atoms with van der Waals surface area (Å²) in [6.45, 7) is 3.78. The molecule has 0 saturated carbocycles. The van der Waals surface area contributed by atoms with E-state index < -0.39 is 17.5 Å². The molecular weight excluding hydrogens is 440 g/mol. The van der Waals surface area contributed by atoms with Crippen LogP contribution in [0.3, 0.4) is 0 Å². The molecule has 0 aromatic heterocycles. The van der Waals surface area contributed by atoms with Gasteiger partial charge in [0.15, 0.2) is 11.5 Å². The van der Waals surface area contributed by atoms with Crippen molar-refractivity contribution in [3.8, 4) is 17.2 Å². The quantitative estimate of drug-likeness (QED) is 0.667. The van der Waals surface area contributed by atoms with Crippen LogP contribution < -0.4 is 24.4 Å². The molecular formula is C24H26N4O6. The Hall–Kier alpha value is -3.95. The van der Waals surface area contributed by atoms with Crippen molar-refractivity contribution >= 4 is 23.5 Å². The molecule has 10 heteroatoms. The van der Waals surface area contributed by atoms with Crippen LogP contribution in [0.2, 0.25) is 0 Å². The van der Waals surface area contributed by atoms with Gasteiger partial charge in [0.2, 0.25) is 12.7 Å². The third-order valence-electron chi connectivity index (χ3n) is 6.59. The Morgan fingerprint density at radius 3 is 2.44 bits per heavy atom. The maximum Gasteiger partial charge on any atom is 0.325 e. The molecule has 178 valence electrons. The number of nitrogens with zero attached hydrogens (tertiary/aromatic N) is 3. The van der Waals surface area contributed by atoms with E-state index >= 15 is 0 Å². The molecule has 0 radical (unpaired) electrons. The van der Waals surface area contributed by atoms with Gasteiger partial charge in [-0.05, 0) is 48.9 Å². The minimum Gasteiger partial charge on any atom is -0.497 e. The highest BCUT2D eigenvalue weighted by Crippen LogP contribution is 2.37. The lowest BCUT2D eigenvalue weighted by Gasteiger charge is -2.36. The predicted octanol–water partition coefficient (Wildman–Crippen LogP) is 1.54. The van der Waals surface area contributed by atoms with Crippen LogP contribution >= 0.6 is 0 Å². The van der Waals surface area contributed by atoms with Crippen LogP contribution in [0.4, 0.5) is 10.5 Å². The highest BCUT2D eigenvalue weighted by molar-refractivity contribution is 6.09. The summed E-state index contributed by atoms with van der Waals surface area (Å²) in [6, 6.07) is 12.3. The van der Waals surface area contributed by atoms with Gasteiger partial charge in [0.05, 0.1) is 7.11 Å². The topological polar surface area (TPSA) is 101 Å². The Kier molecular flexibility index (Phi) is 5.43. The summed E-state index contributed by atoms with van der Waals surface area (Å²) in [6.07, 6.45) is 0. The predicted molar refractivity (Wildman–Crippen MR) is 122 cm³/mol. The number of fused-ring (bicyclic) bond motifs is 1. The minimum atomic E-state index is -1.29. The van der Waals surface area contributed by atoms with Crippen molar-refractivity contribution in [1.29, 1.82) is 0 Å². The summed E-state index contributed by atoms with van der Waals surface area (Å²) < 4.78 is 15.9. The summed E-state index contributed by atoms with van der Waals surface area (Å²) >= 11 is 0. The van der Waals surface area contributed by atoms with Gasteiger partial charge in [0, 0.05) is 31.9 Å². The number of nitrogens with one attached hydrogen (secondary N) is 1. The number of hydrogen-bond donors (Lipinski definition) is 1. The number of urea groups is 1. The van der Waals surface area contributed by atoms with E-state index in [1.165, 1.54) is 0 Å². The SMILES string of the molecule is COc1ccc(N2CCN(C(=O)CN3C(=O)NC(C)(c4ccc5c(c4)OCO5)C3=O)CC2)cc1. The van der Waals surface area contributed by atoms with Crippen LogP contribution in [-0.4, -0.2) is 74.3 Å². The monoisotopic (exact) mass is 466 g/mol. The second-order valence-corrected chi connectivity index (χ2v) is 8.58. The Labute approximate surface area is 197 Å². The normalized spacial score (nSPS) is 21.6. The molecule has 2 aromatic carbocycles. The second-order valence-electron chi connectivity index (χ2n) is 8.58. The molecule has 1 atom stereocenters. The molecule has 3 aliphatic heterocycles. The molecule has 0 bridgehead atoms. The lowest BCUT2D eigenvalue weighted by Crippen LogP contribution is -2.52. The van der Waals surface area contributed by atoms with E-state index in [-0.39, 0.29) is 19.2 Å². The molecule has 5 rings (SSSR count). The van der Waals surface area contributed by atoms with Crippen molar-refractivity contribution in [3.63, 3.8) is 0 Å². The molecule has 4 amide bonds. The van der Waals surface area contributed by atoms with Crippen LogP contribution in [0.5, 0.6) is 17.2 Å². The number of anilines is 1. The Bertz CT molecular complexity index is 1130. The van der Waals surface area contributed by atoms with Gasteiger partial charge in [0.1, 0.15) is 17.8 Å². The maximum atomic E-state index is 13.2. The maximum absolute atomic E-state index is 13.2. The van der Waals surface area contributed by atoms with E-state index in [4.69, 9.17) is 14.2 Å². The summed E-state index contributed by atoms with van der Waals surface area (Å²) in [5, 5.41) is 2.74. The molecule has 1 unspecified atom stereocenters. The fraction of sp³-hybridized carbons (Fsp3) is 0.375. The first-order valence-corrected chi connectivity index (χ1v) is 11.1. The van der Waals surface area contributed by atoms with Crippen molar-refractivity contribution in [2.24, 2.45) is 0 Å². The highest BCUT2D eigenvalue weighted by Gasteiger charge is 2.50. The average molecular weight is 466 g/mol. The number of hydrogen-bond acceptors (Lipinski definition) is 7. The van der Waals surface area contributed by atoms with Crippen molar-refractivity contribution in [2.75, 3.05) is 51.5 Å². The number of carbonyl (C=O) groups is 3. The Morgan fingerprint density at radius 1 is 1.03 bits per heavy atom. The third kappa shape index (κ3) is 3.74. The van der Waals surface area contributed by atoms with Gasteiger partial charge < -0.3 is 29.3 Å². The van der Waals surface area contributed by atoms with E-state index in [9.17, 15) is 14.4 Å². The minimum absolute atomic E-state index is 0.113. The number of rotatable bonds is 5. The smallest absolute Gasteiger partial charge is 0.325 e. The van der Waals surface area contributed by atoms with Gasteiger partial charge in [-0.1, -0.05) is 6.07 Å². The molecule has 3 aliphatic rings. The zero-order valence-corrected chi connectivity index (χ0v) is 19.1. The van der Waals surface area contributed by atoms with Crippen molar-refractivity contribution < 1.29 is 28.6 Å². The first-order valence-electron chi connectivity index (χ1n) is 11.1. The summed E-state index contributed by atoms with van der Waals surface area (Å²) in [4.78, 5) is 43.7. The number of carbonyl (C=O) groups excluding carboxylic acids is 3. The molecule has 1 N–H and O–H groups in total. The Morgan fingerprint density at radius 2 is 1.74 bits per heavy atom. The van der Waals surface area contributed by atoms with Crippen molar-refractivity contribution in [2.45, 2.75) is 12.5 Å². The van der Waals surface area contributed by atoms with Crippen molar-refractivity contribution in [1.82, 2.24) is 15.1 Å². The van der Waals surface area contributed by atoms with Gasteiger partial charge in [-0.15, -0.1) is 0 Å². The molecule has 2 aromatic rings. The van der Waals surface area contributed by atoms with Crippen LogP contribution in [0, 0.1) is 0 Å². The zero-order valence-electron chi connectivity index (χ0n) is 19.1. The lowest BCUT2D eigenvalue weighted by atomic mass is 9.91. The van der Waals surface area contributed by atoms with Crippen molar-refractivity contribution in [3.05, 3.63) is 48.0 Å². The van der Waals surface area contributed by atoms with E-state index in [0.717, 1.165) is 16.3 Å². The first-order chi connectivity index (χ1) is 16.4. The fourth-order valence-corrected chi connectivity index (χ4v) is 4.49. The highest BCUT2D eigenvalue weighted by atomic mass is 16.7. The van der Waals surface area contributed by atoms with Crippen LogP contribution in [0.1, 0.15) is 12.5 Å². The third-order valence-corrected chi connectivity index (χ3v) is 6.59. The standard InChI is InChI=1S/C24H26N4O6/c1-24(16-3-8-19-20(13-16)34-15-33-19)22(30)28(23(31)25-24)14-21(29)27-11-9-26(10-12-27)17-4-6-18(32-2)7-5-17/h3-8,13H,9-12,14-15H2,1-2H3,(H,25,31). The lowest BCUT2D eigenvalue weighted by molar-refractivity contribution is -0.139. The molecule has 34 heavy (non-hydrogen) atoms. The van der Waals surface area contributed by atoms with Gasteiger partial charge in [-0.25, -0.2) is 4.79 Å². The summed E-state index contributed by atoms with van der Waals surface area (Å²) in [5.41, 5.74) is 0.338. The number of imide groups is 1. The van der Waals surface area contributed by atoms with Gasteiger partial charge in [-0.3, -0.25) is 14.5 Å². The van der Waals surface area contributed by atoms with Crippen LogP contribution in [0.25, 0.3) is 0 Å². The Balaban J connectivity index is 1.22. The number of ether oxygens (including phenoxy) is 3. The van der Waals surface area contributed by atoms with E-state index in [1.54, 1.807) is 37.1 Å². The fourth-order valence-electron chi connectivity index (χ4n) is 4.49. The molecule has 2 saturated heterocycles. The number of methoxy groups -OCH3 is 1.